The number of nitrogens with zero attached hydrogens (tertiary/aromatic N) is 1. The quantitative estimate of drug-likeness (QED) is 0.173. The number of aromatic hydroxyl groups is 1. The predicted molar refractivity (Wildman–Crippen MR) is 124 cm³/mol. The maximum Gasteiger partial charge on any atom is 0.513 e. The molecular weight excluding hydrogens is 390 g/mol. The molecule has 1 aliphatic heterocycles. The molecule has 5 heteroatoms. The third kappa shape index (κ3) is 6.13. The van der Waals surface area contributed by atoms with Crippen molar-refractivity contribution in [1.29, 1.82) is 0 Å². The van der Waals surface area contributed by atoms with Crippen LogP contribution in [0.15, 0.2) is 35.9 Å². The summed E-state index contributed by atoms with van der Waals surface area (Å²) in [6.07, 6.45) is 7.57. The number of carbonyl (C=O) groups excluding carboxylic acids is 1. The highest BCUT2D eigenvalue weighted by molar-refractivity contribution is 5.66. The first kappa shape index (κ1) is 23.4. The van der Waals surface area contributed by atoms with Crippen LogP contribution in [-0.2, 0) is 11.2 Å². The summed E-state index contributed by atoms with van der Waals surface area (Å²) in [4.78, 5) is 14.6. The van der Waals surface area contributed by atoms with Crippen molar-refractivity contribution in [2.45, 2.75) is 71.3 Å². The molecule has 1 aromatic carbocycles. The van der Waals surface area contributed by atoms with Gasteiger partial charge in [-0.2, -0.15) is 0 Å². The van der Waals surface area contributed by atoms with Crippen molar-refractivity contribution in [3.63, 3.8) is 0 Å². The highest BCUT2D eigenvalue weighted by atomic mass is 16.7. The Bertz CT molecular complexity index is 844. The second kappa shape index (κ2) is 10.4. The van der Waals surface area contributed by atoms with Crippen molar-refractivity contribution in [3.8, 4) is 11.5 Å². The molecule has 31 heavy (non-hydrogen) atoms. The Balaban J connectivity index is 1.90. The molecule has 1 aromatic rings. The summed E-state index contributed by atoms with van der Waals surface area (Å²) < 4.78 is 11.0. The third-order valence-corrected chi connectivity index (χ3v) is 6.54. The first-order valence-electron chi connectivity index (χ1n) is 11.5. The van der Waals surface area contributed by atoms with Crippen molar-refractivity contribution in [2.75, 3.05) is 20.2 Å². The molecular formula is C26H37NO4. The maximum absolute atomic E-state index is 12.5. The number of aryl methyl sites for hydroxylation is 1. The van der Waals surface area contributed by atoms with E-state index in [0.29, 0.717) is 17.9 Å². The minimum atomic E-state index is -0.713. The molecule has 2 unspecified atom stereocenters. The number of unbranched alkanes of at least 4 members (excludes halogenated alkanes) is 2. The minimum absolute atomic E-state index is 0.0756. The van der Waals surface area contributed by atoms with E-state index in [1.807, 2.05) is 26.1 Å². The van der Waals surface area contributed by atoms with E-state index in [2.05, 4.69) is 31.4 Å². The van der Waals surface area contributed by atoms with Gasteiger partial charge in [0.25, 0.3) is 0 Å². The Morgan fingerprint density at radius 2 is 2.06 bits per heavy atom. The molecule has 1 aliphatic carbocycles. The molecule has 0 aromatic heterocycles. The van der Waals surface area contributed by atoms with Crippen LogP contribution < -0.4 is 4.74 Å². The lowest BCUT2D eigenvalue weighted by atomic mass is 9.73. The van der Waals surface area contributed by atoms with E-state index in [1.165, 1.54) is 5.57 Å². The zero-order valence-electron chi connectivity index (χ0n) is 19.4. The number of likely N-dealkylation sites (N-methyl/N-ethyl adjacent to an activating group) is 1. The van der Waals surface area contributed by atoms with Crippen LogP contribution in [0.25, 0.3) is 0 Å². The molecule has 170 valence electrons. The first-order valence-corrected chi connectivity index (χ1v) is 11.5. The summed E-state index contributed by atoms with van der Waals surface area (Å²) in [6.45, 7) is 11.7. The van der Waals surface area contributed by atoms with Gasteiger partial charge in [0.05, 0.1) is 6.04 Å². The Hall–Kier alpha value is -2.27. The number of phenols is 1. The number of hydrogen-bond acceptors (Lipinski definition) is 5. The van der Waals surface area contributed by atoms with Gasteiger partial charge < -0.3 is 14.6 Å². The zero-order chi connectivity index (χ0) is 22.5. The summed E-state index contributed by atoms with van der Waals surface area (Å²) in [5.74, 6) is 0.705. The van der Waals surface area contributed by atoms with E-state index in [4.69, 9.17) is 9.47 Å². The monoisotopic (exact) mass is 427 g/mol. The SMILES string of the molecule is C=C(C)[C@@H]1CCC(C)=C[C@H]1c1c(O)cc(CCCCC)cc1OC(=O)OCC1CN1C. The van der Waals surface area contributed by atoms with Crippen LogP contribution in [0.5, 0.6) is 11.5 Å². The molecule has 0 radical (unpaired) electrons. The molecule has 1 saturated heterocycles. The van der Waals surface area contributed by atoms with E-state index < -0.39 is 6.16 Å². The smallest absolute Gasteiger partial charge is 0.507 e. The fourth-order valence-corrected chi connectivity index (χ4v) is 4.47. The summed E-state index contributed by atoms with van der Waals surface area (Å²) >= 11 is 0. The molecule has 0 amide bonds. The number of benzene rings is 1. The van der Waals surface area contributed by atoms with Crippen LogP contribution in [0.1, 0.15) is 69.9 Å². The van der Waals surface area contributed by atoms with Gasteiger partial charge >= 0.3 is 6.16 Å². The summed E-state index contributed by atoms with van der Waals surface area (Å²) in [6, 6.07) is 4.01. The lowest BCUT2D eigenvalue weighted by Gasteiger charge is -2.32. The van der Waals surface area contributed by atoms with E-state index in [0.717, 1.165) is 56.2 Å². The normalized spacial score (nSPS) is 25.0. The largest absolute Gasteiger partial charge is 0.513 e. The Morgan fingerprint density at radius 1 is 1.32 bits per heavy atom. The van der Waals surface area contributed by atoms with Gasteiger partial charge in [0, 0.05) is 18.0 Å². The van der Waals surface area contributed by atoms with E-state index >= 15 is 0 Å². The van der Waals surface area contributed by atoms with Gasteiger partial charge in [-0.3, -0.25) is 4.90 Å². The van der Waals surface area contributed by atoms with Gasteiger partial charge in [0.15, 0.2) is 0 Å². The lowest BCUT2D eigenvalue weighted by molar-refractivity contribution is 0.0965. The fourth-order valence-electron chi connectivity index (χ4n) is 4.47. The van der Waals surface area contributed by atoms with E-state index in [1.54, 1.807) is 0 Å². The van der Waals surface area contributed by atoms with Gasteiger partial charge in [-0.25, -0.2) is 4.79 Å². The summed E-state index contributed by atoms with van der Waals surface area (Å²) in [5.41, 5.74) is 3.99. The molecule has 5 nitrogen and oxygen atoms in total. The van der Waals surface area contributed by atoms with E-state index in [9.17, 15) is 9.90 Å². The highest BCUT2D eigenvalue weighted by Crippen LogP contribution is 2.47. The van der Waals surface area contributed by atoms with Crippen molar-refractivity contribution in [2.24, 2.45) is 5.92 Å². The fraction of sp³-hybridized carbons (Fsp3) is 0.577. The predicted octanol–water partition coefficient (Wildman–Crippen LogP) is 5.97. The maximum atomic E-state index is 12.5. The molecule has 4 atom stereocenters. The standard InChI is InChI=1S/C26H37NO4/c1-6-7-8-9-19-13-23(28)25(22-12-18(4)10-11-21(22)17(2)3)24(14-19)31-26(29)30-16-20-15-27(20)5/h12-14,20-22,28H,2,6-11,15-16H2,1,3-5H3/t20?,21-,22+,27?/m0/s1. The number of allylic oxidation sites excluding steroid dienone is 3. The molecule has 0 bridgehead atoms. The van der Waals surface area contributed by atoms with Crippen molar-refractivity contribution < 1.29 is 19.4 Å². The average molecular weight is 428 g/mol. The Morgan fingerprint density at radius 3 is 2.71 bits per heavy atom. The van der Waals surface area contributed by atoms with Crippen molar-refractivity contribution in [3.05, 3.63) is 47.1 Å². The Labute approximate surface area is 186 Å². The Kier molecular flexibility index (Phi) is 7.82. The topological polar surface area (TPSA) is 58.8 Å². The van der Waals surface area contributed by atoms with Gasteiger partial charge in [0.2, 0.25) is 0 Å². The van der Waals surface area contributed by atoms with Crippen LogP contribution >= 0.6 is 0 Å². The van der Waals surface area contributed by atoms with Crippen LogP contribution in [0, 0.1) is 5.92 Å². The van der Waals surface area contributed by atoms with Crippen LogP contribution in [0.4, 0.5) is 4.79 Å². The van der Waals surface area contributed by atoms with Gasteiger partial charge in [-0.05, 0) is 70.2 Å². The highest BCUT2D eigenvalue weighted by Gasteiger charge is 2.33. The number of phenolic OH excluding ortho intramolecular Hbond substituents is 1. The second-order valence-electron chi connectivity index (χ2n) is 9.27. The van der Waals surface area contributed by atoms with Crippen LogP contribution in [0.2, 0.25) is 0 Å². The van der Waals surface area contributed by atoms with Crippen LogP contribution in [-0.4, -0.2) is 42.4 Å². The van der Waals surface area contributed by atoms with Gasteiger partial charge in [-0.15, -0.1) is 0 Å². The zero-order valence-corrected chi connectivity index (χ0v) is 19.4. The molecule has 0 spiro atoms. The molecule has 0 saturated carbocycles. The molecule has 1 fully saturated rings. The van der Waals surface area contributed by atoms with Gasteiger partial charge in [0.1, 0.15) is 18.1 Å². The number of hydrogen-bond donors (Lipinski definition) is 1. The molecule has 1 heterocycles. The van der Waals surface area contributed by atoms with Gasteiger partial charge in [-0.1, -0.05) is 43.6 Å². The van der Waals surface area contributed by atoms with Crippen molar-refractivity contribution in [1.82, 2.24) is 4.90 Å². The molecule has 3 rings (SSSR count). The minimum Gasteiger partial charge on any atom is -0.507 e. The van der Waals surface area contributed by atoms with Crippen LogP contribution in [0.3, 0.4) is 0 Å². The molecule has 2 aliphatic rings. The third-order valence-electron chi connectivity index (χ3n) is 6.54. The number of carbonyl (C=O) groups is 1. The second-order valence-corrected chi connectivity index (χ2v) is 9.27. The lowest BCUT2D eigenvalue weighted by Crippen LogP contribution is -2.20. The summed E-state index contributed by atoms with van der Waals surface area (Å²) in [5, 5.41) is 11.0. The average Bonchev–Trinajstić information content (AvgIpc) is 3.41. The van der Waals surface area contributed by atoms with Crippen molar-refractivity contribution >= 4 is 6.16 Å². The first-order chi connectivity index (χ1) is 14.8. The number of ether oxygens (including phenoxy) is 2. The number of rotatable bonds is 9. The molecule has 1 N–H and O–H groups in total. The summed E-state index contributed by atoms with van der Waals surface area (Å²) in [7, 11) is 1.99. The van der Waals surface area contributed by atoms with E-state index in [-0.39, 0.29) is 23.6 Å².